The maximum absolute atomic E-state index is 14.0. The number of ether oxygens (including phenoxy) is 2. The Bertz CT molecular complexity index is 583. The first-order valence-corrected chi connectivity index (χ1v) is 5.64. The number of fused-ring (bicyclic) bond motifs is 1. The normalized spacial score (nSPS) is 14.3. The molecule has 1 aliphatic heterocycles. The Labute approximate surface area is 103 Å². The molecule has 18 heavy (non-hydrogen) atoms. The Balaban J connectivity index is 2.08. The smallest absolute Gasteiger partial charge is 0.164 e. The van der Waals surface area contributed by atoms with Crippen molar-refractivity contribution in [2.45, 2.75) is 6.42 Å². The predicted molar refractivity (Wildman–Crippen MR) is 64.0 cm³/mol. The van der Waals surface area contributed by atoms with Gasteiger partial charge >= 0.3 is 0 Å². The summed E-state index contributed by atoms with van der Waals surface area (Å²) in [7, 11) is 0. The number of halogens is 1. The molecule has 0 spiro atoms. The molecule has 1 aromatic carbocycles. The van der Waals surface area contributed by atoms with Gasteiger partial charge in [0.15, 0.2) is 11.5 Å². The average Bonchev–Trinajstić information content (AvgIpc) is 2.65. The number of benzene rings is 1. The number of hydrogen-bond donors (Lipinski definition) is 2. The monoisotopic (exact) mass is 249 g/mol. The van der Waals surface area contributed by atoms with Crippen molar-refractivity contribution in [3.05, 3.63) is 24.0 Å². The standard InChI is InChI=1S/C12H12FN3O2/c13-8-5-11-10(17-2-1-3-18-11)4-7(8)9-6-12(14)16-15-9/h4-6H,1-3H2,(H3,14,15,16). The van der Waals surface area contributed by atoms with Crippen LogP contribution in [-0.2, 0) is 0 Å². The number of aromatic nitrogens is 2. The lowest BCUT2D eigenvalue weighted by molar-refractivity contribution is 0.296. The summed E-state index contributed by atoms with van der Waals surface area (Å²) in [5.74, 6) is 0.887. The van der Waals surface area contributed by atoms with Crippen molar-refractivity contribution < 1.29 is 13.9 Å². The van der Waals surface area contributed by atoms with E-state index in [0.29, 0.717) is 41.8 Å². The van der Waals surface area contributed by atoms with Crippen molar-refractivity contribution in [2.24, 2.45) is 0 Å². The molecule has 0 saturated heterocycles. The van der Waals surface area contributed by atoms with Crippen LogP contribution in [0.4, 0.5) is 10.2 Å². The van der Waals surface area contributed by atoms with E-state index in [1.54, 1.807) is 12.1 Å². The van der Waals surface area contributed by atoms with Crippen molar-refractivity contribution in [1.29, 1.82) is 0 Å². The van der Waals surface area contributed by atoms with E-state index in [0.717, 1.165) is 6.42 Å². The molecule has 0 amide bonds. The van der Waals surface area contributed by atoms with Crippen LogP contribution in [0.5, 0.6) is 11.5 Å². The van der Waals surface area contributed by atoms with Crippen molar-refractivity contribution in [3.63, 3.8) is 0 Å². The lowest BCUT2D eigenvalue weighted by Gasteiger charge is -2.09. The van der Waals surface area contributed by atoms with Gasteiger partial charge in [-0.25, -0.2) is 4.39 Å². The molecule has 0 bridgehead atoms. The first kappa shape index (κ1) is 10.9. The van der Waals surface area contributed by atoms with Gasteiger partial charge in [0.05, 0.1) is 18.9 Å². The number of nitrogen functional groups attached to an aromatic ring is 1. The van der Waals surface area contributed by atoms with Crippen LogP contribution < -0.4 is 15.2 Å². The highest BCUT2D eigenvalue weighted by atomic mass is 19.1. The van der Waals surface area contributed by atoms with E-state index >= 15 is 0 Å². The molecule has 5 nitrogen and oxygen atoms in total. The topological polar surface area (TPSA) is 73.2 Å². The van der Waals surface area contributed by atoms with E-state index < -0.39 is 5.82 Å². The highest BCUT2D eigenvalue weighted by Crippen LogP contribution is 2.36. The first-order valence-electron chi connectivity index (χ1n) is 5.64. The fourth-order valence-corrected chi connectivity index (χ4v) is 1.87. The molecule has 0 fully saturated rings. The molecule has 94 valence electrons. The molecule has 0 atom stereocenters. The van der Waals surface area contributed by atoms with Crippen LogP contribution in [0.1, 0.15) is 6.42 Å². The molecule has 6 heteroatoms. The second-order valence-corrected chi connectivity index (χ2v) is 4.04. The molecule has 1 aliphatic rings. The molecule has 0 aliphatic carbocycles. The summed E-state index contributed by atoms with van der Waals surface area (Å²) in [6.45, 7) is 1.09. The third kappa shape index (κ3) is 1.85. The van der Waals surface area contributed by atoms with Crippen molar-refractivity contribution in [1.82, 2.24) is 10.2 Å². The minimum absolute atomic E-state index is 0.316. The largest absolute Gasteiger partial charge is 0.490 e. The van der Waals surface area contributed by atoms with Gasteiger partial charge in [0, 0.05) is 24.1 Å². The zero-order valence-corrected chi connectivity index (χ0v) is 9.57. The molecule has 0 unspecified atom stereocenters. The molecule has 0 radical (unpaired) electrons. The van der Waals surface area contributed by atoms with Crippen molar-refractivity contribution in [3.8, 4) is 22.8 Å². The lowest BCUT2D eigenvalue weighted by atomic mass is 10.1. The summed E-state index contributed by atoms with van der Waals surface area (Å²) >= 11 is 0. The number of nitrogens with two attached hydrogens (primary N) is 1. The van der Waals surface area contributed by atoms with Gasteiger partial charge in [-0.3, -0.25) is 5.10 Å². The van der Waals surface area contributed by atoms with E-state index in [-0.39, 0.29) is 0 Å². The molecule has 2 aromatic rings. The summed E-state index contributed by atoms with van der Waals surface area (Å²) in [6, 6.07) is 4.50. The number of hydrogen-bond acceptors (Lipinski definition) is 4. The lowest BCUT2D eigenvalue weighted by Crippen LogP contribution is -1.97. The van der Waals surface area contributed by atoms with Crippen molar-refractivity contribution >= 4 is 5.82 Å². The van der Waals surface area contributed by atoms with Gasteiger partial charge in [-0.05, 0) is 6.07 Å². The van der Waals surface area contributed by atoms with Gasteiger partial charge in [0.2, 0.25) is 0 Å². The van der Waals surface area contributed by atoms with E-state index in [1.807, 2.05) is 0 Å². The molecule has 1 aromatic heterocycles. The highest BCUT2D eigenvalue weighted by molar-refractivity contribution is 5.66. The maximum Gasteiger partial charge on any atom is 0.164 e. The predicted octanol–water partition coefficient (Wildman–Crippen LogP) is 1.96. The minimum atomic E-state index is -0.400. The van der Waals surface area contributed by atoms with Gasteiger partial charge in [-0.15, -0.1) is 0 Å². The molecular weight excluding hydrogens is 237 g/mol. The quantitative estimate of drug-likeness (QED) is 0.810. The highest BCUT2D eigenvalue weighted by Gasteiger charge is 2.17. The number of anilines is 1. The zero-order chi connectivity index (χ0) is 12.5. The molecule has 3 rings (SSSR count). The fourth-order valence-electron chi connectivity index (χ4n) is 1.87. The van der Waals surface area contributed by atoms with Gasteiger partial charge in [-0.1, -0.05) is 0 Å². The van der Waals surface area contributed by atoms with Crippen LogP contribution in [0.2, 0.25) is 0 Å². The Morgan fingerprint density at radius 2 is 1.89 bits per heavy atom. The Morgan fingerprint density at radius 1 is 1.17 bits per heavy atom. The van der Waals surface area contributed by atoms with Crippen LogP contribution >= 0.6 is 0 Å². The van der Waals surface area contributed by atoms with Gasteiger partial charge in [0.1, 0.15) is 11.6 Å². The van der Waals surface area contributed by atoms with E-state index in [1.165, 1.54) is 6.07 Å². The van der Waals surface area contributed by atoms with Gasteiger partial charge in [0.25, 0.3) is 0 Å². The van der Waals surface area contributed by atoms with Crippen LogP contribution in [0, 0.1) is 5.82 Å². The van der Waals surface area contributed by atoms with Crippen LogP contribution in [-0.4, -0.2) is 23.4 Å². The molecular formula is C12H12FN3O2. The second kappa shape index (κ2) is 4.21. The minimum Gasteiger partial charge on any atom is -0.490 e. The summed E-state index contributed by atoms with van der Waals surface area (Å²) in [6.07, 6.45) is 0.780. The van der Waals surface area contributed by atoms with E-state index in [4.69, 9.17) is 15.2 Å². The Hall–Kier alpha value is -2.24. The van der Waals surface area contributed by atoms with Gasteiger partial charge in [-0.2, -0.15) is 5.10 Å². The number of nitrogens with one attached hydrogen (secondary N) is 1. The zero-order valence-electron chi connectivity index (χ0n) is 9.57. The SMILES string of the molecule is Nc1cc(-c2cc3c(cc2F)OCCCO3)[nH]n1. The summed E-state index contributed by atoms with van der Waals surface area (Å²) in [5.41, 5.74) is 6.39. The fraction of sp³-hybridized carbons (Fsp3) is 0.250. The Kier molecular flexibility index (Phi) is 2.55. The van der Waals surface area contributed by atoms with Crippen LogP contribution in [0.25, 0.3) is 11.3 Å². The molecule has 0 saturated carbocycles. The summed E-state index contributed by atoms with van der Waals surface area (Å²) in [4.78, 5) is 0. The first-order chi connectivity index (χ1) is 8.74. The number of aromatic amines is 1. The number of nitrogens with zero attached hydrogens (tertiary/aromatic N) is 1. The summed E-state index contributed by atoms with van der Waals surface area (Å²) < 4.78 is 24.9. The maximum atomic E-state index is 14.0. The summed E-state index contributed by atoms with van der Waals surface area (Å²) in [5, 5.41) is 6.45. The average molecular weight is 249 g/mol. The van der Waals surface area contributed by atoms with Gasteiger partial charge < -0.3 is 15.2 Å². The third-order valence-electron chi connectivity index (χ3n) is 2.73. The second-order valence-electron chi connectivity index (χ2n) is 4.04. The molecule has 3 N–H and O–H groups in total. The Morgan fingerprint density at radius 3 is 2.56 bits per heavy atom. The van der Waals surface area contributed by atoms with Crippen LogP contribution in [0.15, 0.2) is 18.2 Å². The van der Waals surface area contributed by atoms with E-state index in [2.05, 4.69) is 10.2 Å². The third-order valence-corrected chi connectivity index (χ3v) is 2.73. The van der Waals surface area contributed by atoms with E-state index in [9.17, 15) is 4.39 Å². The number of rotatable bonds is 1. The number of H-pyrrole nitrogens is 1. The van der Waals surface area contributed by atoms with Crippen molar-refractivity contribution in [2.75, 3.05) is 18.9 Å². The molecule has 2 heterocycles. The van der Waals surface area contributed by atoms with Crippen LogP contribution in [0.3, 0.4) is 0 Å².